The van der Waals surface area contributed by atoms with E-state index < -0.39 is 12.0 Å². The first-order valence-electron chi connectivity index (χ1n) is 6.03. The van der Waals surface area contributed by atoms with E-state index in [1.54, 1.807) is 0 Å². The number of terminal acetylenes is 1. The molecule has 0 aliphatic carbocycles. The van der Waals surface area contributed by atoms with E-state index in [1.807, 2.05) is 24.3 Å². The van der Waals surface area contributed by atoms with Crippen LogP contribution in [0.1, 0.15) is 31.0 Å². The average Bonchev–Trinajstić information content (AvgIpc) is 2.30. The van der Waals surface area contributed by atoms with Crippen molar-refractivity contribution in [3.05, 3.63) is 35.4 Å². The lowest BCUT2D eigenvalue weighted by Gasteiger charge is -2.14. The van der Waals surface area contributed by atoms with Crippen molar-refractivity contribution >= 4 is 5.97 Å². The standard InChI is InChI=1S/C15H19NO2/c1-4-9-16-14(15(17)18)13-7-5-12(6-8-13)10-11(2)3/h1,5-8,11,14,16H,9-10H2,2-3H3,(H,17,18). The lowest BCUT2D eigenvalue weighted by Crippen LogP contribution is -2.28. The molecule has 0 amide bonds. The van der Waals surface area contributed by atoms with E-state index >= 15 is 0 Å². The predicted octanol–water partition coefficient (Wildman–Crippen LogP) is 2.23. The highest BCUT2D eigenvalue weighted by molar-refractivity contribution is 5.75. The SMILES string of the molecule is C#CCNC(C(=O)O)c1ccc(CC(C)C)cc1. The number of carboxylic acid groups (broad SMARTS) is 1. The van der Waals surface area contributed by atoms with Gasteiger partial charge in [0, 0.05) is 0 Å². The second-order valence-corrected chi connectivity index (χ2v) is 4.70. The molecule has 1 unspecified atom stereocenters. The molecule has 0 spiro atoms. The Morgan fingerprint density at radius 2 is 2.00 bits per heavy atom. The normalized spacial score (nSPS) is 12.1. The molecular formula is C15H19NO2. The zero-order chi connectivity index (χ0) is 13.5. The number of benzene rings is 1. The van der Waals surface area contributed by atoms with Crippen LogP contribution in [0.5, 0.6) is 0 Å². The Bertz CT molecular complexity index is 429. The van der Waals surface area contributed by atoms with Crippen LogP contribution in [0, 0.1) is 18.3 Å². The maximum absolute atomic E-state index is 11.1. The zero-order valence-corrected chi connectivity index (χ0v) is 10.8. The van der Waals surface area contributed by atoms with Gasteiger partial charge >= 0.3 is 5.97 Å². The predicted molar refractivity (Wildman–Crippen MR) is 72.2 cm³/mol. The van der Waals surface area contributed by atoms with Gasteiger partial charge in [0.25, 0.3) is 0 Å². The molecule has 0 fully saturated rings. The van der Waals surface area contributed by atoms with Gasteiger partial charge in [0.2, 0.25) is 0 Å². The number of rotatable bonds is 6. The molecule has 1 rings (SSSR count). The van der Waals surface area contributed by atoms with E-state index in [2.05, 4.69) is 25.1 Å². The molecule has 0 saturated heterocycles. The van der Waals surface area contributed by atoms with Crippen molar-refractivity contribution in [2.45, 2.75) is 26.3 Å². The molecule has 0 heterocycles. The molecule has 0 saturated carbocycles. The Morgan fingerprint density at radius 1 is 1.39 bits per heavy atom. The highest BCUT2D eigenvalue weighted by Gasteiger charge is 2.18. The second-order valence-electron chi connectivity index (χ2n) is 4.70. The van der Waals surface area contributed by atoms with Crippen molar-refractivity contribution in [3.8, 4) is 12.3 Å². The first kappa shape index (κ1) is 14.3. The minimum absolute atomic E-state index is 0.241. The molecular weight excluding hydrogens is 226 g/mol. The molecule has 0 aliphatic rings. The summed E-state index contributed by atoms with van der Waals surface area (Å²) in [6.45, 7) is 4.55. The Labute approximate surface area is 108 Å². The molecule has 3 heteroatoms. The summed E-state index contributed by atoms with van der Waals surface area (Å²) in [7, 11) is 0. The Balaban J connectivity index is 2.80. The topological polar surface area (TPSA) is 49.3 Å². The summed E-state index contributed by atoms with van der Waals surface area (Å²) in [6, 6.07) is 6.90. The van der Waals surface area contributed by atoms with E-state index in [0.717, 1.165) is 12.0 Å². The van der Waals surface area contributed by atoms with E-state index in [1.165, 1.54) is 5.56 Å². The van der Waals surface area contributed by atoms with Crippen LogP contribution in [0.2, 0.25) is 0 Å². The molecule has 1 aromatic carbocycles. The van der Waals surface area contributed by atoms with Crippen LogP contribution in [0.25, 0.3) is 0 Å². The van der Waals surface area contributed by atoms with Crippen molar-refractivity contribution in [2.24, 2.45) is 5.92 Å². The van der Waals surface area contributed by atoms with Gasteiger partial charge in [0.15, 0.2) is 0 Å². The highest BCUT2D eigenvalue weighted by Crippen LogP contribution is 2.16. The van der Waals surface area contributed by atoms with E-state index in [-0.39, 0.29) is 6.54 Å². The molecule has 0 aromatic heterocycles. The van der Waals surface area contributed by atoms with Gasteiger partial charge in [0.1, 0.15) is 6.04 Å². The monoisotopic (exact) mass is 245 g/mol. The fourth-order valence-corrected chi connectivity index (χ4v) is 1.83. The number of nitrogens with one attached hydrogen (secondary N) is 1. The third-order valence-electron chi connectivity index (χ3n) is 2.61. The van der Waals surface area contributed by atoms with E-state index in [4.69, 9.17) is 11.5 Å². The van der Waals surface area contributed by atoms with Crippen LogP contribution < -0.4 is 5.32 Å². The Hall–Kier alpha value is -1.79. The molecule has 18 heavy (non-hydrogen) atoms. The van der Waals surface area contributed by atoms with Gasteiger partial charge in [-0.1, -0.05) is 44.0 Å². The van der Waals surface area contributed by atoms with Crippen LogP contribution in [-0.4, -0.2) is 17.6 Å². The summed E-state index contributed by atoms with van der Waals surface area (Å²) in [5.41, 5.74) is 1.94. The fourth-order valence-electron chi connectivity index (χ4n) is 1.83. The zero-order valence-electron chi connectivity index (χ0n) is 10.8. The number of carboxylic acids is 1. The molecule has 3 nitrogen and oxygen atoms in total. The summed E-state index contributed by atoms with van der Waals surface area (Å²) in [4.78, 5) is 11.1. The average molecular weight is 245 g/mol. The summed E-state index contributed by atoms with van der Waals surface area (Å²) in [6.07, 6.45) is 6.12. The van der Waals surface area contributed by atoms with Crippen molar-refractivity contribution < 1.29 is 9.90 Å². The van der Waals surface area contributed by atoms with Crippen molar-refractivity contribution in [1.82, 2.24) is 5.32 Å². The van der Waals surface area contributed by atoms with Crippen molar-refractivity contribution in [1.29, 1.82) is 0 Å². The van der Waals surface area contributed by atoms with Crippen molar-refractivity contribution in [2.75, 3.05) is 6.54 Å². The summed E-state index contributed by atoms with van der Waals surface area (Å²) >= 11 is 0. The van der Waals surface area contributed by atoms with Crippen LogP contribution in [0.3, 0.4) is 0 Å². The lowest BCUT2D eigenvalue weighted by molar-refractivity contribution is -0.139. The first-order chi connectivity index (χ1) is 8.54. The minimum Gasteiger partial charge on any atom is -0.480 e. The van der Waals surface area contributed by atoms with Gasteiger partial charge in [-0.2, -0.15) is 0 Å². The highest BCUT2D eigenvalue weighted by atomic mass is 16.4. The summed E-state index contributed by atoms with van der Waals surface area (Å²) < 4.78 is 0. The van der Waals surface area contributed by atoms with Crippen LogP contribution in [0.15, 0.2) is 24.3 Å². The second kappa shape index (κ2) is 6.83. The lowest BCUT2D eigenvalue weighted by atomic mass is 9.99. The van der Waals surface area contributed by atoms with Gasteiger partial charge in [-0.05, 0) is 23.5 Å². The van der Waals surface area contributed by atoms with Crippen molar-refractivity contribution in [3.63, 3.8) is 0 Å². The smallest absolute Gasteiger partial charge is 0.325 e. The van der Waals surface area contributed by atoms with E-state index in [9.17, 15) is 4.79 Å². The van der Waals surface area contributed by atoms with Gasteiger partial charge in [-0.15, -0.1) is 6.42 Å². The fraction of sp³-hybridized carbons (Fsp3) is 0.400. The number of carbonyl (C=O) groups is 1. The maximum Gasteiger partial charge on any atom is 0.325 e. The Kier molecular flexibility index (Phi) is 5.41. The maximum atomic E-state index is 11.1. The largest absolute Gasteiger partial charge is 0.480 e. The summed E-state index contributed by atoms with van der Waals surface area (Å²) in [5.74, 6) is 2.06. The first-order valence-corrected chi connectivity index (χ1v) is 6.03. The van der Waals surface area contributed by atoms with Crippen LogP contribution >= 0.6 is 0 Å². The summed E-state index contributed by atoms with van der Waals surface area (Å²) in [5, 5.41) is 11.9. The van der Waals surface area contributed by atoms with Crippen LogP contribution in [-0.2, 0) is 11.2 Å². The molecule has 2 N–H and O–H groups in total. The number of aliphatic carboxylic acids is 1. The Morgan fingerprint density at radius 3 is 2.44 bits per heavy atom. The van der Waals surface area contributed by atoms with Gasteiger partial charge in [0.05, 0.1) is 6.54 Å². The third-order valence-corrected chi connectivity index (χ3v) is 2.61. The quantitative estimate of drug-likeness (QED) is 0.756. The van der Waals surface area contributed by atoms with Gasteiger partial charge in [-0.25, -0.2) is 0 Å². The van der Waals surface area contributed by atoms with Gasteiger partial charge in [-0.3, -0.25) is 10.1 Å². The molecule has 96 valence electrons. The minimum atomic E-state index is -0.915. The number of hydrogen-bond acceptors (Lipinski definition) is 2. The third kappa shape index (κ3) is 4.23. The molecule has 0 aliphatic heterocycles. The molecule has 0 bridgehead atoms. The van der Waals surface area contributed by atoms with E-state index in [0.29, 0.717) is 5.92 Å². The van der Waals surface area contributed by atoms with Gasteiger partial charge < -0.3 is 5.11 Å². The molecule has 0 radical (unpaired) electrons. The molecule has 1 aromatic rings. The number of hydrogen-bond donors (Lipinski definition) is 2. The molecule has 1 atom stereocenters. The van der Waals surface area contributed by atoms with Crippen LogP contribution in [0.4, 0.5) is 0 Å².